The first kappa shape index (κ1) is 16.0. The van der Waals surface area contributed by atoms with E-state index >= 15 is 0 Å². The van der Waals surface area contributed by atoms with Crippen molar-refractivity contribution in [3.63, 3.8) is 0 Å². The lowest BCUT2D eigenvalue weighted by atomic mass is 9.99. The molecule has 0 aliphatic carbocycles. The molecule has 18 heavy (non-hydrogen) atoms. The Bertz CT molecular complexity index is 215. The normalized spacial score (nSPS) is 24.7. The monoisotopic (exact) mass is 254 g/mol. The molecule has 0 radical (unpaired) electrons. The highest BCUT2D eigenvalue weighted by Gasteiger charge is 2.26. The predicted molar refractivity (Wildman–Crippen MR) is 80.9 cm³/mol. The molecule has 2 nitrogen and oxygen atoms in total. The van der Waals surface area contributed by atoms with Gasteiger partial charge < -0.3 is 10.2 Å². The molecule has 0 aromatic rings. The number of nitrogens with one attached hydrogen (secondary N) is 1. The highest BCUT2D eigenvalue weighted by atomic mass is 15.2. The minimum Gasteiger partial charge on any atom is -0.316 e. The summed E-state index contributed by atoms with van der Waals surface area (Å²) in [5, 5.41) is 3.61. The summed E-state index contributed by atoms with van der Waals surface area (Å²) in [6.07, 6.45) is 4.07. The Morgan fingerprint density at radius 1 is 1.22 bits per heavy atom. The van der Waals surface area contributed by atoms with E-state index in [9.17, 15) is 0 Å². The first-order chi connectivity index (χ1) is 8.52. The smallest absolute Gasteiger partial charge is 0.00695 e. The molecule has 0 amide bonds. The fourth-order valence-corrected chi connectivity index (χ4v) is 2.90. The summed E-state index contributed by atoms with van der Waals surface area (Å²) >= 11 is 0. The average Bonchev–Trinajstić information content (AvgIpc) is 2.77. The van der Waals surface area contributed by atoms with Gasteiger partial charge in [-0.05, 0) is 57.2 Å². The van der Waals surface area contributed by atoms with Crippen molar-refractivity contribution in [1.29, 1.82) is 0 Å². The topological polar surface area (TPSA) is 15.3 Å². The van der Waals surface area contributed by atoms with Crippen LogP contribution in [-0.4, -0.2) is 37.1 Å². The molecule has 108 valence electrons. The third-order valence-electron chi connectivity index (χ3n) is 4.37. The Hall–Kier alpha value is -0.0800. The highest BCUT2D eigenvalue weighted by Crippen LogP contribution is 2.22. The lowest BCUT2D eigenvalue weighted by Crippen LogP contribution is -2.34. The quantitative estimate of drug-likeness (QED) is 0.714. The lowest BCUT2D eigenvalue weighted by Gasteiger charge is -2.26. The molecule has 1 N–H and O–H groups in total. The van der Waals surface area contributed by atoms with Crippen LogP contribution < -0.4 is 5.32 Å². The van der Waals surface area contributed by atoms with Crippen LogP contribution in [0.2, 0.25) is 0 Å². The minimum atomic E-state index is 0.770. The molecule has 1 aliphatic heterocycles. The van der Waals surface area contributed by atoms with E-state index in [1.54, 1.807) is 0 Å². The van der Waals surface area contributed by atoms with Gasteiger partial charge in [-0.25, -0.2) is 0 Å². The zero-order valence-corrected chi connectivity index (χ0v) is 13.2. The van der Waals surface area contributed by atoms with E-state index in [-0.39, 0.29) is 0 Å². The van der Waals surface area contributed by atoms with Crippen LogP contribution in [0.5, 0.6) is 0 Å². The SMILES string of the molecule is CCC(C)CC(C)N1CCC(CNCC(C)C)C1. The van der Waals surface area contributed by atoms with E-state index in [0.29, 0.717) is 0 Å². The van der Waals surface area contributed by atoms with Gasteiger partial charge in [0.05, 0.1) is 0 Å². The van der Waals surface area contributed by atoms with Gasteiger partial charge >= 0.3 is 0 Å². The number of hydrogen-bond acceptors (Lipinski definition) is 2. The average molecular weight is 254 g/mol. The predicted octanol–water partition coefficient (Wildman–Crippen LogP) is 3.38. The van der Waals surface area contributed by atoms with Crippen molar-refractivity contribution in [2.45, 2.75) is 59.9 Å². The molecular weight excluding hydrogens is 220 g/mol. The van der Waals surface area contributed by atoms with E-state index < -0.39 is 0 Å². The van der Waals surface area contributed by atoms with E-state index in [1.165, 1.54) is 45.4 Å². The maximum absolute atomic E-state index is 3.61. The molecule has 1 saturated heterocycles. The Morgan fingerprint density at radius 3 is 2.56 bits per heavy atom. The third kappa shape index (κ3) is 5.71. The number of hydrogen-bond donors (Lipinski definition) is 1. The van der Waals surface area contributed by atoms with Crippen molar-refractivity contribution >= 4 is 0 Å². The summed E-state index contributed by atoms with van der Waals surface area (Å²) in [5.74, 6) is 2.52. The van der Waals surface area contributed by atoms with Gasteiger partial charge in [0.25, 0.3) is 0 Å². The zero-order valence-electron chi connectivity index (χ0n) is 13.2. The summed E-state index contributed by atoms with van der Waals surface area (Å²) in [7, 11) is 0. The Morgan fingerprint density at radius 2 is 1.94 bits per heavy atom. The van der Waals surface area contributed by atoms with Crippen molar-refractivity contribution in [2.75, 3.05) is 26.2 Å². The molecule has 3 unspecified atom stereocenters. The Labute approximate surface area is 115 Å². The molecule has 1 fully saturated rings. The van der Waals surface area contributed by atoms with Crippen LogP contribution >= 0.6 is 0 Å². The zero-order chi connectivity index (χ0) is 13.5. The first-order valence-electron chi connectivity index (χ1n) is 7.97. The van der Waals surface area contributed by atoms with Crippen LogP contribution in [0, 0.1) is 17.8 Å². The molecule has 2 heteroatoms. The second-order valence-electron chi connectivity index (χ2n) is 6.80. The Kier molecular flexibility index (Phi) is 7.25. The van der Waals surface area contributed by atoms with Crippen LogP contribution in [-0.2, 0) is 0 Å². The second kappa shape index (κ2) is 8.16. The van der Waals surface area contributed by atoms with Gasteiger partial charge in [-0.1, -0.05) is 34.1 Å². The van der Waals surface area contributed by atoms with Crippen molar-refractivity contribution in [3.05, 3.63) is 0 Å². The fraction of sp³-hybridized carbons (Fsp3) is 1.00. The molecule has 0 saturated carbocycles. The molecule has 0 bridgehead atoms. The molecule has 0 aromatic heterocycles. The molecule has 0 spiro atoms. The van der Waals surface area contributed by atoms with Gasteiger partial charge in [-0.15, -0.1) is 0 Å². The van der Waals surface area contributed by atoms with Crippen LogP contribution in [0.15, 0.2) is 0 Å². The number of nitrogens with zero attached hydrogens (tertiary/aromatic N) is 1. The van der Waals surface area contributed by atoms with Crippen molar-refractivity contribution in [2.24, 2.45) is 17.8 Å². The summed E-state index contributed by atoms with van der Waals surface area (Å²) < 4.78 is 0. The first-order valence-corrected chi connectivity index (χ1v) is 7.97. The molecule has 3 atom stereocenters. The summed E-state index contributed by atoms with van der Waals surface area (Å²) in [4.78, 5) is 2.70. The number of rotatable bonds is 8. The van der Waals surface area contributed by atoms with E-state index in [0.717, 1.165) is 23.8 Å². The maximum atomic E-state index is 3.61. The minimum absolute atomic E-state index is 0.770. The number of likely N-dealkylation sites (tertiary alicyclic amines) is 1. The molecular formula is C16H34N2. The van der Waals surface area contributed by atoms with Crippen LogP contribution in [0.1, 0.15) is 53.9 Å². The molecule has 1 rings (SSSR count). The summed E-state index contributed by atoms with van der Waals surface area (Å²) in [5.41, 5.74) is 0. The largest absolute Gasteiger partial charge is 0.316 e. The van der Waals surface area contributed by atoms with Gasteiger partial charge in [-0.2, -0.15) is 0 Å². The van der Waals surface area contributed by atoms with Crippen LogP contribution in [0.4, 0.5) is 0 Å². The van der Waals surface area contributed by atoms with Crippen LogP contribution in [0.25, 0.3) is 0 Å². The Balaban J connectivity index is 2.19. The molecule has 0 aromatic carbocycles. The standard InChI is InChI=1S/C16H34N2/c1-6-14(4)9-15(5)18-8-7-16(12-18)11-17-10-13(2)3/h13-17H,6-12H2,1-5H3. The van der Waals surface area contributed by atoms with E-state index in [2.05, 4.69) is 44.8 Å². The lowest BCUT2D eigenvalue weighted by molar-refractivity contribution is 0.214. The highest BCUT2D eigenvalue weighted by molar-refractivity contribution is 4.81. The maximum Gasteiger partial charge on any atom is 0.00695 e. The van der Waals surface area contributed by atoms with Crippen molar-refractivity contribution < 1.29 is 0 Å². The van der Waals surface area contributed by atoms with Gasteiger partial charge in [0.2, 0.25) is 0 Å². The summed E-state index contributed by atoms with van der Waals surface area (Å²) in [6.45, 7) is 16.7. The van der Waals surface area contributed by atoms with Crippen molar-refractivity contribution in [3.8, 4) is 0 Å². The van der Waals surface area contributed by atoms with Gasteiger partial charge in [0, 0.05) is 12.6 Å². The van der Waals surface area contributed by atoms with Gasteiger partial charge in [0.1, 0.15) is 0 Å². The second-order valence-corrected chi connectivity index (χ2v) is 6.80. The van der Waals surface area contributed by atoms with Gasteiger partial charge in [-0.3, -0.25) is 0 Å². The third-order valence-corrected chi connectivity index (χ3v) is 4.37. The van der Waals surface area contributed by atoms with Crippen LogP contribution in [0.3, 0.4) is 0 Å². The summed E-state index contributed by atoms with van der Waals surface area (Å²) in [6, 6.07) is 0.773. The van der Waals surface area contributed by atoms with Gasteiger partial charge in [0.15, 0.2) is 0 Å². The molecule has 1 heterocycles. The van der Waals surface area contributed by atoms with E-state index in [4.69, 9.17) is 0 Å². The van der Waals surface area contributed by atoms with Crippen molar-refractivity contribution in [1.82, 2.24) is 10.2 Å². The van der Waals surface area contributed by atoms with E-state index in [1.807, 2.05) is 0 Å². The molecule has 1 aliphatic rings. The fourth-order valence-electron chi connectivity index (χ4n) is 2.90.